The number of halogens is 2. The van der Waals surface area contributed by atoms with Gasteiger partial charge in [-0.3, -0.25) is 4.90 Å². The van der Waals surface area contributed by atoms with E-state index in [4.69, 9.17) is 10.5 Å². The van der Waals surface area contributed by atoms with Gasteiger partial charge in [0.2, 0.25) is 5.82 Å². The van der Waals surface area contributed by atoms with Crippen molar-refractivity contribution < 1.29 is 13.5 Å². The molecule has 0 unspecified atom stereocenters. The van der Waals surface area contributed by atoms with Crippen LogP contribution in [-0.2, 0) is 11.3 Å². The Labute approximate surface area is 187 Å². The average Bonchev–Trinajstić information content (AvgIpc) is 3.32. The third-order valence-corrected chi connectivity index (χ3v) is 5.40. The van der Waals surface area contributed by atoms with Crippen molar-refractivity contribution in [1.29, 1.82) is 0 Å². The molecule has 0 radical (unpaired) electrons. The molecule has 4 aromatic rings. The first-order valence-corrected chi connectivity index (χ1v) is 10.4. The molecule has 1 saturated heterocycles. The lowest BCUT2D eigenvalue weighted by Gasteiger charge is -2.26. The molecule has 0 amide bonds. The van der Waals surface area contributed by atoms with E-state index in [1.807, 2.05) is 24.3 Å². The van der Waals surface area contributed by atoms with Crippen LogP contribution in [0.4, 0.5) is 14.6 Å². The predicted molar refractivity (Wildman–Crippen MR) is 116 cm³/mol. The van der Waals surface area contributed by atoms with Crippen LogP contribution >= 0.6 is 0 Å². The molecule has 168 valence electrons. The first-order chi connectivity index (χ1) is 16.1. The van der Waals surface area contributed by atoms with Crippen molar-refractivity contribution >= 4 is 5.82 Å². The van der Waals surface area contributed by atoms with E-state index in [9.17, 15) is 8.78 Å². The summed E-state index contributed by atoms with van der Waals surface area (Å²) in [6, 6.07) is 11.7. The lowest BCUT2D eigenvalue weighted by molar-refractivity contribution is 0.0342. The fourth-order valence-electron chi connectivity index (χ4n) is 3.65. The number of nitrogen functional groups attached to an aromatic ring is 1. The maximum absolute atomic E-state index is 14.3. The van der Waals surface area contributed by atoms with Gasteiger partial charge in [-0.1, -0.05) is 30.3 Å². The number of nitrogens with two attached hydrogens (primary N) is 1. The highest BCUT2D eigenvalue weighted by molar-refractivity contribution is 5.69. The first kappa shape index (κ1) is 21.0. The van der Waals surface area contributed by atoms with Crippen LogP contribution in [0.2, 0.25) is 0 Å². The molecule has 1 aliphatic heterocycles. The van der Waals surface area contributed by atoms with Gasteiger partial charge in [0.25, 0.3) is 0 Å². The molecule has 2 aromatic carbocycles. The zero-order valence-corrected chi connectivity index (χ0v) is 17.5. The Bertz CT molecular complexity index is 1270. The summed E-state index contributed by atoms with van der Waals surface area (Å²) >= 11 is 0. The minimum absolute atomic E-state index is 0.0512. The number of ether oxygens (including phenoxy) is 1. The highest BCUT2D eigenvalue weighted by atomic mass is 19.2. The summed E-state index contributed by atoms with van der Waals surface area (Å²) < 4.78 is 34.5. The molecule has 3 heterocycles. The minimum Gasteiger partial charge on any atom is -0.382 e. The van der Waals surface area contributed by atoms with Crippen molar-refractivity contribution in [2.45, 2.75) is 6.54 Å². The predicted octanol–water partition coefficient (Wildman–Crippen LogP) is 2.48. The largest absolute Gasteiger partial charge is 0.382 e. The van der Waals surface area contributed by atoms with Gasteiger partial charge in [0.15, 0.2) is 23.1 Å². The Morgan fingerprint density at radius 3 is 2.61 bits per heavy atom. The molecule has 0 bridgehead atoms. The van der Waals surface area contributed by atoms with E-state index < -0.39 is 11.6 Å². The van der Waals surface area contributed by atoms with Crippen LogP contribution in [0.3, 0.4) is 0 Å². The van der Waals surface area contributed by atoms with E-state index in [1.54, 1.807) is 6.20 Å². The normalized spacial score (nSPS) is 14.5. The van der Waals surface area contributed by atoms with Crippen LogP contribution in [-0.4, -0.2) is 61.4 Å². The smallest absolute Gasteiger partial charge is 0.209 e. The van der Waals surface area contributed by atoms with Crippen molar-refractivity contribution in [2.75, 3.05) is 32.0 Å². The van der Waals surface area contributed by atoms with Crippen LogP contribution < -0.4 is 5.73 Å². The average molecular weight is 450 g/mol. The minimum atomic E-state index is -1.08. The molecule has 1 aliphatic rings. The number of anilines is 1. The highest BCUT2D eigenvalue weighted by Crippen LogP contribution is 2.27. The summed E-state index contributed by atoms with van der Waals surface area (Å²) in [6.45, 7) is 4.17. The second-order valence-corrected chi connectivity index (χ2v) is 7.56. The Hall–Kier alpha value is -3.83. The van der Waals surface area contributed by atoms with Crippen molar-refractivity contribution in [3.05, 3.63) is 65.9 Å². The van der Waals surface area contributed by atoms with Crippen molar-refractivity contribution in [1.82, 2.24) is 35.1 Å². The molecule has 0 atom stereocenters. The van der Waals surface area contributed by atoms with Crippen LogP contribution in [0.25, 0.3) is 28.5 Å². The first-order valence-electron chi connectivity index (χ1n) is 10.4. The molecule has 11 heteroatoms. The van der Waals surface area contributed by atoms with Gasteiger partial charge < -0.3 is 10.5 Å². The molecule has 0 saturated carbocycles. The lowest BCUT2D eigenvalue weighted by atomic mass is 10.1. The van der Waals surface area contributed by atoms with Crippen molar-refractivity contribution in [3.8, 4) is 28.5 Å². The Morgan fingerprint density at radius 2 is 1.82 bits per heavy atom. The number of hydrogen-bond acceptors (Lipinski definition) is 8. The van der Waals surface area contributed by atoms with Gasteiger partial charge in [-0.2, -0.15) is 4.68 Å². The summed E-state index contributed by atoms with van der Waals surface area (Å²) in [7, 11) is 0. The molecular formula is C22H20F2N8O. The van der Waals surface area contributed by atoms with Gasteiger partial charge in [-0.05, 0) is 28.1 Å². The van der Waals surface area contributed by atoms with Gasteiger partial charge in [0, 0.05) is 25.2 Å². The zero-order chi connectivity index (χ0) is 22.8. The second kappa shape index (κ2) is 8.96. The topological polar surface area (TPSA) is 108 Å². The number of tetrazole rings is 1. The van der Waals surface area contributed by atoms with Gasteiger partial charge in [-0.15, -0.1) is 5.10 Å². The Morgan fingerprint density at radius 1 is 1.03 bits per heavy atom. The number of hydrogen-bond donors (Lipinski definition) is 1. The number of morpholine rings is 1. The van der Waals surface area contributed by atoms with Gasteiger partial charge in [0.1, 0.15) is 5.69 Å². The third kappa shape index (κ3) is 4.28. The highest BCUT2D eigenvalue weighted by Gasteiger charge is 2.21. The number of rotatable bonds is 5. The number of nitrogens with zero attached hydrogens (tertiary/aromatic N) is 7. The fourth-order valence-corrected chi connectivity index (χ4v) is 3.65. The van der Waals surface area contributed by atoms with Crippen LogP contribution in [0.15, 0.2) is 48.7 Å². The van der Waals surface area contributed by atoms with E-state index in [0.29, 0.717) is 5.69 Å². The Balaban J connectivity index is 1.45. The maximum Gasteiger partial charge on any atom is 0.209 e. The van der Waals surface area contributed by atoms with Crippen LogP contribution in [0.5, 0.6) is 0 Å². The van der Waals surface area contributed by atoms with Gasteiger partial charge in [0.05, 0.1) is 25.1 Å². The van der Waals surface area contributed by atoms with Crippen molar-refractivity contribution in [2.24, 2.45) is 0 Å². The molecule has 5 rings (SSSR count). The maximum atomic E-state index is 14.3. The SMILES string of the molecule is Nc1ncc(-c2ccc(CN3CCOCC3)cc2)nc1-c1nnnn1-c1cccc(F)c1F. The number of aromatic nitrogens is 6. The molecule has 2 N–H and O–H groups in total. The zero-order valence-electron chi connectivity index (χ0n) is 17.5. The van der Waals surface area contributed by atoms with E-state index >= 15 is 0 Å². The van der Waals surface area contributed by atoms with E-state index in [1.165, 1.54) is 17.7 Å². The summed E-state index contributed by atoms with van der Waals surface area (Å²) in [6.07, 6.45) is 1.55. The van der Waals surface area contributed by atoms with Crippen LogP contribution in [0.1, 0.15) is 5.56 Å². The molecule has 1 fully saturated rings. The fraction of sp³-hybridized carbons (Fsp3) is 0.227. The van der Waals surface area contributed by atoms with Gasteiger partial charge in [-0.25, -0.2) is 18.7 Å². The van der Waals surface area contributed by atoms with Gasteiger partial charge >= 0.3 is 0 Å². The van der Waals surface area contributed by atoms with E-state index in [-0.39, 0.29) is 23.0 Å². The van der Waals surface area contributed by atoms with Crippen LogP contribution in [0, 0.1) is 11.6 Å². The quantitative estimate of drug-likeness (QED) is 0.494. The lowest BCUT2D eigenvalue weighted by Crippen LogP contribution is -2.35. The summed E-state index contributed by atoms with van der Waals surface area (Å²) in [5, 5.41) is 11.3. The number of benzene rings is 2. The summed E-state index contributed by atoms with van der Waals surface area (Å²) in [4.78, 5) is 11.1. The standard InChI is InChI=1S/C22H20F2N8O/c23-16-2-1-3-18(19(16)24)32-22(28-29-30-32)20-21(25)26-12-17(27-20)15-6-4-14(5-7-15)13-31-8-10-33-11-9-31/h1-7,12H,8-11,13H2,(H2,25,26). The third-order valence-electron chi connectivity index (χ3n) is 5.40. The van der Waals surface area contributed by atoms with E-state index in [2.05, 4.69) is 30.4 Å². The van der Waals surface area contributed by atoms with Crippen molar-refractivity contribution in [3.63, 3.8) is 0 Å². The second-order valence-electron chi connectivity index (χ2n) is 7.56. The molecular weight excluding hydrogens is 430 g/mol. The molecule has 33 heavy (non-hydrogen) atoms. The monoisotopic (exact) mass is 450 g/mol. The summed E-state index contributed by atoms with van der Waals surface area (Å²) in [5.74, 6) is -1.98. The molecule has 0 aliphatic carbocycles. The Kier molecular flexibility index (Phi) is 5.71. The molecule has 2 aromatic heterocycles. The van der Waals surface area contributed by atoms with E-state index in [0.717, 1.165) is 49.2 Å². The molecule has 9 nitrogen and oxygen atoms in total. The summed E-state index contributed by atoms with van der Waals surface area (Å²) in [5.41, 5.74) is 8.59. The molecule has 0 spiro atoms.